The quantitative estimate of drug-likeness (QED) is 0.460. The van der Waals surface area contributed by atoms with Gasteiger partial charge in [-0.05, 0) is 18.2 Å². The summed E-state index contributed by atoms with van der Waals surface area (Å²) in [7, 11) is 3.07. The van der Waals surface area contributed by atoms with Crippen molar-refractivity contribution in [2.75, 3.05) is 30.5 Å². The lowest BCUT2D eigenvalue weighted by Gasteiger charge is -2.03. The second kappa shape index (κ2) is 7.77. The van der Waals surface area contributed by atoms with Gasteiger partial charge in [0.25, 0.3) is 5.69 Å². The van der Waals surface area contributed by atoms with Gasteiger partial charge in [0.15, 0.2) is 5.82 Å². The minimum atomic E-state index is -0.630. The van der Waals surface area contributed by atoms with Crippen LogP contribution in [0.15, 0.2) is 36.4 Å². The van der Waals surface area contributed by atoms with Crippen LogP contribution in [0.1, 0.15) is 0 Å². The number of para-hydroxylation sites is 2. The van der Waals surface area contributed by atoms with Crippen molar-refractivity contribution < 1.29 is 13.7 Å². The summed E-state index contributed by atoms with van der Waals surface area (Å²) in [6.07, 6.45) is 0. The molecular weight excluding hydrogens is 294 g/mol. The van der Waals surface area contributed by atoms with E-state index >= 15 is 0 Å². The van der Waals surface area contributed by atoms with E-state index in [-0.39, 0.29) is 17.2 Å². The molecule has 0 aliphatic rings. The number of hydrogen-bond acceptors (Lipinski definition) is 5. The number of nitrogen functional groups attached to an aromatic ring is 1. The second-order valence-electron chi connectivity index (χ2n) is 4.10. The maximum Gasteiger partial charge on any atom is 0.295 e. The second-order valence-corrected chi connectivity index (χ2v) is 4.10. The molecule has 118 valence electrons. The molecule has 2 aromatic carbocycles. The zero-order valence-corrected chi connectivity index (χ0v) is 12.1. The van der Waals surface area contributed by atoms with Gasteiger partial charge in [-0.3, -0.25) is 10.1 Å². The van der Waals surface area contributed by atoms with Gasteiger partial charge in [0.2, 0.25) is 0 Å². The van der Waals surface area contributed by atoms with E-state index in [4.69, 9.17) is 5.73 Å². The molecule has 0 unspecified atom stereocenters. The molecule has 6 nitrogen and oxygen atoms in total. The van der Waals surface area contributed by atoms with E-state index in [1.807, 2.05) is 0 Å². The first-order chi connectivity index (χ1) is 10.4. The summed E-state index contributed by atoms with van der Waals surface area (Å²) in [6, 6.07) is 8.30. The molecule has 0 saturated heterocycles. The summed E-state index contributed by atoms with van der Waals surface area (Å²) in [5, 5.41) is 15.4. The van der Waals surface area contributed by atoms with Crippen molar-refractivity contribution in [2.24, 2.45) is 0 Å². The van der Waals surface area contributed by atoms with Crippen molar-refractivity contribution >= 4 is 22.7 Å². The SMILES string of the molecule is CNc1c(F)cccc1[N+](=O)[O-].CNc1c(N)cccc1F. The van der Waals surface area contributed by atoms with E-state index in [9.17, 15) is 18.9 Å². The van der Waals surface area contributed by atoms with E-state index in [0.29, 0.717) is 11.4 Å². The van der Waals surface area contributed by atoms with Gasteiger partial charge in [0, 0.05) is 20.2 Å². The van der Waals surface area contributed by atoms with Gasteiger partial charge in [-0.25, -0.2) is 8.78 Å². The minimum absolute atomic E-state index is 0.0810. The van der Waals surface area contributed by atoms with Crippen LogP contribution in [0.25, 0.3) is 0 Å². The number of rotatable bonds is 3. The van der Waals surface area contributed by atoms with Crippen LogP contribution in [0, 0.1) is 21.7 Å². The molecule has 4 N–H and O–H groups in total. The maximum atomic E-state index is 12.8. The number of nitrogens with one attached hydrogen (secondary N) is 2. The highest BCUT2D eigenvalue weighted by Gasteiger charge is 2.15. The first kappa shape index (κ1) is 17.2. The molecule has 2 aromatic rings. The molecule has 0 aliphatic heterocycles. The minimum Gasteiger partial charge on any atom is -0.397 e. The van der Waals surface area contributed by atoms with E-state index in [1.165, 1.54) is 31.3 Å². The molecule has 8 heteroatoms. The summed E-state index contributed by atoms with van der Waals surface area (Å²) in [5.74, 6) is -0.936. The predicted octanol–water partition coefficient (Wildman–Crippen LogP) is 3.23. The molecule has 22 heavy (non-hydrogen) atoms. The lowest BCUT2D eigenvalue weighted by atomic mass is 10.2. The Hall–Kier alpha value is -2.90. The average Bonchev–Trinajstić information content (AvgIpc) is 2.47. The van der Waals surface area contributed by atoms with Crippen LogP contribution in [-0.2, 0) is 0 Å². The zero-order chi connectivity index (χ0) is 16.7. The van der Waals surface area contributed by atoms with E-state index in [2.05, 4.69) is 10.6 Å². The number of nitrogens with zero attached hydrogens (tertiary/aromatic N) is 1. The number of nitro groups is 1. The van der Waals surface area contributed by atoms with Crippen LogP contribution in [-0.4, -0.2) is 19.0 Å². The molecule has 0 saturated carbocycles. The van der Waals surface area contributed by atoms with Crippen molar-refractivity contribution in [1.82, 2.24) is 0 Å². The molecule has 0 atom stereocenters. The van der Waals surface area contributed by atoms with Gasteiger partial charge in [-0.2, -0.15) is 0 Å². The Morgan fingerprint density at radius 3 is 1.86 bits per heavy atom. The molecule has 0 bridgehead atoms. The van der Waals surface area contributed by atoms with Crippen molar-refractivity contribution in [3.8, 4) is 0 Å². The number of benzene rings is 2. The van der Waals surface area contributed by atoms with E-state index in [1.54, 1.807) is 19.2 Å². The normalized spacial score (nSPS) is 9.45. The molecule has 2 rings (SSSR count). The van der Waals surface area contributed by atoms with Crippen LogP contribution < -0.4 is 16.4 Å². The predicted molar refractivity (Wildman–Crippen MR) is 83.0 cm³/mol. The number of nitro benzene ring substituents is 1. The summed E-state index contributed by atoms with van der Waals surface area (Å²) >= 11 is 0. The molecule has 0 aromatic heterocycles. The molecule has 0 aliphatic carbocycles. The topological polar surface area (TPSA) is 93.2 Å². The number of hydrogen-bond donors (Lipinski definition) is 3. The van der Waals surface area contributed by atoms with Gasteiger partial charge in [-0.1, -0.05) is 12.1 Å². The monoisotopic (exact) mass is 310 g/mol. The van der Waals surface area contributed by atoms with E-state index < -0.39 is 10.7 Å². The van der Waals surface area contributed by atoms with Gasteiger partial charge < -0.3 is 16.4 Å². The number of halogens is 2. The van der Waals surface area contributed by atoms with Crippen LogP contribution in [0.5, 0.6) is 0 Å². The number of anilines is 3. The highest BCUT2D eigenvalue weighted by molar-refractivity contribution is 5.66. The highest BCUT2D eigenvalue weighted by Crippen LogP contribution is 2.25. The summed E-state index contributed by atoms with van der Waals surface area (Å²) in [6.45, 7) is 0. The van der Waals surface area contributed by atoms with E-state index in [0.717, 1.165) is 0 Å². The van der Waals surface area contributed by atoms with Gasteiger partial charge in [0.05, 0.1) is 16.3 Å². The van der Waals surface area contributed by atoms with Crippen molar-refractivity contribution in [3.63, 3.8) is 0 Å². The summed E-state index contributed by atoms with van der Waals surface area (Å²) in [5.41, 5.74) is 5.89. The Kier molecular flexibility index (Phi) is 6.06. The fourth-order valence-electron chi connectivity index (χ4n) is 1.72. The summed E-state index contributed by atoms with van der Waals surface area (Å²) in [4.78, 5) is 9.70. The Morgan fingerprint density at radius 2 is 1.50 bits per heavy atom. The molecule has 0 fully saturated rings. The Morgan fingerprint density at radius 1 is 1.00 bits per heavy atom. The lowest BCUT2D eigenvalue weighted by molar-refractivity contribution is -0.384. The molecule has 0 spiro atoms. The third-order valence-electron chi connectivity index (χ3n) is 2.73. The van der Waals surface area contributed by atoms with Crippen LogP contribution in [0.3, 0.4) is 0 Å². The van der Waals surface area contributed by atoms with Crippen LogP contribution >= 0.6 is 0 Å². The molecular formula is C14H16F2N4O2. The first-order valence-electron chi connectivity index (χ1n) is 6.24. The van der Waals surface area contributed by atoms with Crippen LogP contribution in [0.4, 0.5) is 31.5 Å². The standard InChI is InChI=1S/C7H7FN2O2.C7H9FN2/c1-9-7-5(8)3-2-4-6(7)10(11)12;1-10-7-5(8)3-2-4-6(7)9/h2-4,9H,1H3;2-4,10H,9H2,1H3. The lowest BCUT2D eigenvalue weighted by Crippen LogP contribution is -1.98. The Bertz CT molecular complexity index is 645. The van der Waals surface area contributed by atoms with Crippen molar-refractivity contribution in [1.29, 1.82) is 0 Å². The third-order valence-corrected chi connectivity index (χ3v) is 2.73. The highest BCUT2D eigenvalue weighted by atomic mass is 19.1. The average molecular weight is 310 g/mol. The fraction of sp³-hybridized carbons (Fsp3) is 0.143. The Labute approximate surface area is 126 Å². The van der Waals surface area contributed by atoms with Gasteiger partial charge in [0.1, 0.15) is 11.5 Å². The fourth-order valence-corrected chi connectivity index (χ4v) is 1.72. The summed E-state index contributed by atoms with van der Waals surface area (Å²) < 4.78 is 25.6. The molecule has 0 radical (unpaired) electrons. The maximum absolute atomic E-state index is 12.8. The number of nitrogens with two attached hydrogens (primary N) is 1. The first-order valence-corrected chi connectivity index (χ1v) is 6.24. The largest absolute Gasteiger partial charge is 0.397 e. The third kappa shape index (κ3) is 4.05. The van der Waals surface area contributed by atoms with Crippen LogP contribution in [0.2, 0.25) is 0 Å². The molecule has 0 heterocycles. The smallest absolute Gasteiger partial charge is 0.295 e. The zero-order valence-electron chi connectivity index (χ0n) is 12.1. The molecule has 0 amide bonds. The van der Waals surface area contributed by atoms with Gasteiger partial charge in [-0.15, -0.1) is 0 Å². The van der Waals surface area contributed by atoms with Crippen molar-refractivity contribution in [2.45, 2.75) is 0 Å². The van der Waals surface area contributed by atoms with Gasteiger partial charge >= 0.3 is 0 Å². The Balaban J connectivity index is 0.000000224. The van der Waals surface area contributed by atoms with Crippen molar-refractivity contribution in [3.05, 3.63) is 58.1 Å².